The van der Waals surface area contributed by atoms with E-state index in [1.54, 1.807) is 25.1 Å². The second-order valence-electron chi connectivity index (χ2n) is 6.85. The van der Waals surface area contributed by atoms with Crippen molar-refractivity contribution in [2.45, 2.75) is 25.8 Å². The minimum absolute atomic E-state index is 0.218. The zero-order valence-corrected chi connectivity index (χ0v) is 16.8. The molecule has 0 saturated carbocycles. The number of amides is 2. The van der Waals surface area contributed by atoms with Crippen molar-refractivity contribution in [2.24, 2.45) is 0 Å². The van der Waals surface area contributed by atoms with Crippen LogP contribution in [0.3, 0.4) is 0 Å². The first-order valence-electron chi connectivity index (χ1n) is 8.82. The summed E-state index contributed by atoms with van der Waals surface area (Å²) in [5, 5.41) is 0.870. The van der Waals surface area contributed by atoms with Gasteiger partial charge in [-0.05, 0) is 52.0 Å². The van der Waals surface area contributed by atoms with Crippen LogP contribution in [0.4, 0.5) is 0 Å². The van der Waals surface area contributed by atoms with Gasteiger partial charge in [0, 0.05) is 30.2 Å². The van der Waals surface area contributed by atoms with Gasteiger partial charge in [0.1, 0.15) is 5.70 Å². The average molecular weight is 396 g/mol. The van der Waals surface area contributed by atoms with Crippen LogP contribution in [0, 0.1) is 0 Å². The first kappa shape index (κ1) is 19.2. The number of hydrogen-bond donors (Lipinski definition) is 0. The Kier molecular flexibility index (Phi) is 5.61. The van der Waals surface area contributed by atoms with Gasteiger partial charge in [-0.2, -0.15) is 0 Å². The number of hydrogen-bond acceptors (Lipinski definition) is 4. The van der Waals surface area contributed by atoms with E-state index in [0.717, 1.165) is 25.9 Å². The molecule has 0 radical (unpaired) electrons. The van der Waals surface area contributed by atoms with Crippen molar-refractivity contribution in [1.29, 1.82) is 0 Å². The number of carbonyl (C=O) groups is 2. The molecular weight excluding hydrogens is 373 g/mol. The first-order valence-corrected chi connectivity index (χ1v) is 9.58. The Labute approximate surface area is 164 Å². The third-order valence-electron chi connectivity index (χ3n) is 5.25. The quantitative estimate of drug-likeness (QED) is 0.734. The van der Waals surface area contributed by atoms with Crippen molar-refractivity contribution in [1.82, 2.24) is 14.7 Å². The number of likely N-dealkylation sites (N-methyl/N-ethyl adjacent to an activating group) is 2. The highest BCUT2D eigenvalue weighted by Gasteiger charge is 2.42. The maximum absolute atomic E-state index is 13.0. The third kappa shape index (κ3) is 3.36. The molecule has 3 rings (SSSR count). The van der Waals surface area contributed by atoms with Crippen molar-refractivity contribution < 1.29 is 9.59 Å². The smallest absolute Gasteiger partial charge is 0.277 e. The predicted molar refractivity (Wildman–Crippen MR) is 104 cm³/mol. The Morgan fingerprint density at radius 3 is 2.38 bits per heavy atom. The van der Waals surface area contributed by atoms with E-state index in [1.807, 2.05) is 11.9 Å². The van der Waals surface area contributed by atoms with Crippen LogP contribution in [-0.2, 0) is 9.59 Å². The van der Waals surface area contributed by atoms with Crippen molar-refractivity contribution >= 4 is 40.6 Å². The summed E-state index contributed by atoms with van der Waals surface area (Å²) in [5.41, 5.74) is 1.37. The SMILES string of the molecule is CCN1C(=O)C(c2ccc(Cl)cc2Cl)=C(N(C)C2CCN(C)CC2)C1=O. The van der Waals surface area contributed by atoms with Gasteiger partial charge in [0.05, 0.1) is 10.6 Å². The molecule has 0 N–H and O–H groups in total. The molecule has 0 atom stereocenters. The molecule has 5 nitrogen and oxygen atoms in total. The summed E-state index contributed by atoms with van der Waals surface area (Å²) in [7, 11) is 4.00. The number of halogens is 2. The molecule has 0 spiro atoms. The third-order valence-corrected chi connectivity index (χ3v) is 5.80. The molecule has 2 aliphatic rings. The topological polar surface area (TPSA) is 43.9 Å². The summed E-state index contributed by atoms with van der Waals surface area (Å²) in [6.45, 7) is 4.07. The molecule has 0 unspecified atom stereocenters. The molecule has 1 fully saturated rings. The van der Waals surface area contributed by atoms with E-state index < -0.39 is 0 Å². The van der Waals surface area contributed by atoms with E-state index in [2.05, 4.69) is 11.9 Å². The zero-order valence-electron chi connectivity index (χ0n) is 15.3. The lowest BCUT2D eigenvalue weighted by atomic mass is 10.00. The fourth-order valence-corrected chi connectivity index (χ4v) is 4.18. The van der Waals surface area contributed by atoms with Crippen LogP contribution in [0.25, 0.3) is 5.57 Å². The van der Waals surface area contributed by atoms with Crippen molar-refractivity contribution in [2.75, 3.05) is 33.7 Å². The molecule has 2 aliphatic heterocycles. The summed E-state index contributed by atoms with van der Waals surface area (Å²) < 4.78 is 0. The maximum atomic E-state index is 13.0. The second-order valence-corrected chi connectivity index (χ2v) is 7.69. The van der Waals surface area contributed by atoms with Crippen molar-refractivity contribution in [3.63, 3.8) is 0 Å². The summed E-state index contributed by atoms with van der Waals surface area (Å²) in [6, 6.07) is 5.23. The lowest BCUT2D eigenvalue weighted by molar-refractivity contribution is -0.137. The van der Waals surface area contributed by atoms with E-state index in [1.165, 1.54) is 4.90 Å². The number of piperidine rings is 1. The number of nitrogens with zero attached hydrogens (tertiary/aromatic N) is 3. The highest BCUT2D eigenvalue weighted by Crippen LogP contribution is 2.37. The largest absolute Gasteiger partial charge is 0.366 e. The molecule has 1 aromatic rings. The van der Waals surface area contributed by atoms with Crippen LogP contribution < -0.4 is 0 Å². The second kappa shape index (κ2) is 7.59. The standard InChI is InChI=1S/C19H23Cl2N3O2/c1-4-24-18(25)16(14-6-5-12(20)11-15(14)21)17(19(24)26)23(3)13-7-9-22(2)10-8-13/h5-6,11,13H,4,7-10H2,1-3H3. The number of imide groups is 1. The van der Waals surface area contributed by atoms with Crippen LogP contribution in [0.15, 0.2) is 23.9 Å². The van der Waals surface area contributed by atoms with E-state index in [0.29, 0.717) is 33.4 Å². The van der Waals surface area contributed by atoms with E-state index in [9.17, 15) is 9.59 Å². The molecule has 2 amide bonds. The van der Waals surface area contributed by atoms with Gasteiger partial charge < -0.3 is 9.80 Å². The summed E-state index contributed by atoms with van der Waals surface area (Å²) >= 11 is 12.4. The van der Waals surface area contributed by atoms with Crippen LogP contribution in [0.5, 0.6) is 0 Å². The van der Waals surface area contributed by atoms with Gasteiger partial charge in [0.15, 0.2) is 0 Å². The predicted octanol–water partition coefficient (Wildman–Crippen LogP) is 3.12. The van der Waals surface area contributed by atoms with E-state index >= 15 is 0 Å². The Hall–Kier alpha value is -1.56. The molecule has 1 saturated heterocycles. The Balaban J connectivity index is 2.07. The van der Waals surface area contributed by atoms with Crippen LogP contribution >= 0.6 is 23.2 Å². The van der Waals surface area contributed by atoms with Gasteiger partial charge >= 0.3 is 0 Å². The van der Waals surface area contributed by atoms with Gasteiger partial charge in [0.2, 0.25) is 0 Å². The highest BCUT2D eigenvalue weighted by atomic mass is 35.5. The number of carbonyl (C=O) groups excluding carboxylic acids is 2. The lowest BCUT2D eigenvalue weighted by Gasteiger charge is -2.36. The average Bonchev–Trinajstić information content (AvgIpc) is 2.85. The minimum Gasteiger partial charge on any atom is -0.366 e. The number of likely N-dealkylation sites (tertiary alicyclic amines) is 1. The van der Waals surface area contributed by atoms with Gasteiger partial charge in [-0.25, -0.2) is 0 Å². The van der Waals surface area contributed by atoms with E-state index in [4.69, 9.17) is 23.2 Å². The fraction of sp³-hybridized carbons (Fsp3) is 0.474. The first-order chi connectivity index (χ1) is 12.3. The Bertz CT molecular complexity index is 770. The Morgan fingerprint density at radius 1 is 1.15 bits per heavy atom. The normalized spacial score (nSPS) is 19.7. The van der Waals surface area contributed by atoms with Crippen molar-refractivity contribution in [3.8, 4) is 0 Å². The zero-order chi connectivity index (χ0) is 19.0. The molecule has 26 heavy (non-hydrogen) atoms. The van der Waals surface area contributed by atoms with E-state index in [-0.39, 0.29) is 17.9 Å². The van der Waals surface area contributed by atoms with Gasteiger partial charge in [-0.1, -0.05) is 29.3 Å². The monoisotopic (exact) mass is 395 g/mol. The lowest BCUT2D eigenvalue weighted by Crippen LogP contribution is -2.43. The number of benzene rings is 1. The number of rotatable bonds is 4. The molecule has 0 bridgehead atoms. The fourth-order valence-electron chi connectivity index (χ4n) is 3.68. The van der Waals surface area contributed by atoms with Crippen LogP contribution in [0.2, 0.25) is 10.0 Å². The van der Waals surface area contributed by atoms with Gasteiger partial charge in [-0.15, -0.1) is 0 Å². The molecule has 140 valence electrons. The molecule has 2 heterocycles. The maximum Gasteiger partial charge on any atom is 0.277 e. The molecule has 0 aliphatic carbocycles. The van der Waals surface area contributed by atoms with Crippen LogP contribution in [-0.4, -0.2) is 66.3 Å². The summed E-state index contributed by atoms with van der Waals surface area (Å²) in [6.07, 6.45) is 1.90. The van der Waals surface area contributed by atoms with Gasteiger partial charge in [0.25, 0.3) is 11.8 Å². The minimum atomic E-state index is -0.295. The van der Waals surface area contributed by atoms with Crippen molar-refractivity contribution in [3.05, 3.63) is 39.5 Å². The molecule has 7 heteroatoms. The highest BCUT2D eigenvalue weighted by molar-refractivity contribution is 6.41. The Morgan fingerprint density at radius 2 is 1.81 bits per heavy atom. The summed E-state index contributed by atoms with van der Waals surface area (Å²) in [5.74, 6) is -0.545. The molecule has 0 aromatic heterocycles. The summed E-state index contributed by atoms with van der Waals surface area (Å²) in [4.78, 5) is 31.5. The molecule has 1 aromatic carbocycles. The molecular formula is C19H23Cl2N3O2. The van der Waals surface area contributed by atoms with Gasteiger partial charge in [-0.3, -0.25) is 14.5 Å². The van der Waals surface area contributed by atoms with Crippen LogP contribution in [0.1, 0.15) is 25.3 Å².